The number of fused-ring (bicyclic) bond motifs is 2. The van der Waals surface area contributed by atoms with Crippen molar-refractivity contribution >= 4 is 43.0 Å². The molecule has 0 aliphatic carbocycles. The molecule has 4 nitrogen and oxygen atoms in total. The first-order chi connectivity index (χ1) is 11.7. The van der Waals surface area contributed by atoms with E-state index in [1.54, 1.807) is 18.2 Å². The van der Waals surface area contributed by atoms with Crippen LogP contribution in [0.3, 0.4) is 0 Å². The Labute approximate surface area is 145 Å². The summed E-state index contributed by atoms with van der Waals surface area (Å²) in [6, 6.07) is 11.1. The summed E-state index contributed by atoms with van der Waals surface area (Å²) in [5, 5.41) is 2.65. The van der Waals surface area contributed by atoms with Crippen molar-refractivity contribution in [1.82, 2.24) is 9.55 Å². The lowest BCUT2D eigenvalue weighted by atomic mass is 10.2. The normalized spacial score (nSPS) is 11.2. The maximum Gasteiger partial charge on any atom is 0.266 e. The molecule has 0 radical (unpaired) electrons. The highest BCUT2D eigenvalue weighted by atomic mass is 32.1. The average molecular weight is 352 g/mol. The van der Waals surface area contributed by atoms with Crippen LogP contribution in [0.1, 0.15) is 0 Å². The topological polar surface area (TPSA) is 52.0 Å². The first kappa shape index (κ1) is 15.0. The zero-order valence-corrected chi connectivity index (χ0v) is 14.2. The lowest BCUT2D eigenvalue weighted by molar-refractivity contribution is 0.782. The van der Waals surface area contributed by atoms with Gasteiger partial charge in [0, 0.05) is 16.6 Å². The first-order valence-corrected chi connectivity index (χ1v) is 9.01. The number of rotatable bonds is 3. The van der Waals surface area contributed by atoms with Crippen LogP contribution in [0.15, 0.2) is 64.0 Å². The monoisotopic (exact) mass is 352 g/mol. The first-order valence-electron chi connectivity index (χ1n) is 7.32. The molecule has 0 bridgehead atoms. The lowest BCUT2D eigenvalue weighted by Gasteiger charge is -2.10. The van der Waals surface area contributed by atoms with Gasteiger partial charge in [-0.15, -0.1) is 29.3 Å². The number of benzene rings is 1. The third kappa shape index (κ3) is 2.23. The second kappa shape index (κ2) is 5.81. The molecule has 3 heterocycles. The molecular formula is C18H12N2O2S2. The van der Waals surface area contributed by atoms with Gasteiger partial charge in [0.2, 0.25) is 5.43 Å². The van der Waals surface area contributed by atoms with E-state index in [0.717, 1.165) is 9.58 Å². The molecule has 4 aromatic rings. The lowest BCUT2D eigenvalue weighted by Crippen LogP contribution is -2.26. The Morgan fingerprint density at radius 1 is 1.17 bits per heavy atom. The van der Waals surface area contributed by atoms with Gasteiger partial charge < -0.3 is 0 Å². The molecule has 0 aliphatic heterocycles. The van der Waals surface area contributed by atoms with Crippen LogP contribution in [-0.2, 0) is 6.54 Å². The van der Waals surface area contributed by atoms with Crippen molar-refractivity contribution < 1.29 is 0 Å². The Kier molecular flexibility index (Phi) is 3.63. The Balaban J connectivity index is 2.20. The Morgan fingerprint density at radius 3 is 2.75 bits per heavy atom. The molecule has 118 valence electrons. The van der Waals surface area contributed by atoms with Gasteiger partial charge in [0.15, 0.2) is 5.82 Å². The second-order valence-corrected chi connectivity index (χ2v) is 7.20. The number of aromatic nitrogens is 2. The molecule has 0 saturated carbocycles. The Bertz CT molecular complexity index is 1190. The van der Waals surface area contributed by atoms with Crippen LogP contribution in [0.25, 0.3) is 31.0 Å². The number of hydrogen-bond donors (Lipinski definition) is 0. The Hall–Kier alpha value is -2.57. The van der Waals surface area contributed by atoms with E-state index < -0.39 is 0 Å². The van der Waals surface area contributed by atoms with Crippen LogP contribution in [0.2, 0.25) is 0 Å². The maximum atomic E-state index is 13.0. The highest BCUT2D eigenvalue weighted by Crippen LogP contribution is 2.26. The molecule has 1 aromatic carbocycles. The quantitative estimate of drug-likeness (QED) is 0.415. The Morgan fingerprint density at radius 2 is 2.00 bits per heavy atom. The minimum Gasteiger partial charge on any atom is -0.288 e. The van der Waals surface area contributed by atoms with E-state index in [0.29, 0.717) is 22.6 Å². The summed E-state index contributed by atoms with van der Waals surface area (Å²) >= 11 is 2.88. The second-order valence-electron chi connectivity index (χ2n) is 5.22. The van der Waals surface area contributed by atoms with Crippen LogP contribution in [0.5, 0.6) is 0 Å². The van der Waals surface area contributed by atoms with Gasteiger partial charge in [-0.3, -0.25) is 14.2 Å². The van der Waals surface area contributed by atoms with Gasteiger partial charge in [-0.1, -0.05) is 24.3 Å². The molecule has 0 amide bonds. The van der Waals surface area contributed by atoms with Gasteiger partial charge in [0.1, 0.15) is 10.2 Å². The number of hydrogen-bond acceptors (Lipinski definition) is 5. The molecule has 0 atom stereocenters. The molecule has 0 saturated heterocycles. The van der Waals surface area contributed by atoms with Crippen molar-refractivity contribution in [2.45, 2.75) is 6.54 Å². The molecule has 24 heavy (non-hydrogen) atoms. The summed E-state index contributed by atoms with van der Waals surface area (Å²) in [6.45, 7) is 4.02. The smallest absolute Gasteiger partial charge is 0.266 e. The van der Waals surface area contributed by atoms with Crippen molar-refractivity contribution in [2.24, 2.45) is 0 Å². The van der Waals surface area contributed by atoms with Gasteiger partial charge in [-0.2, -0.15) is 0 Å². The third-order valence-corrected chi connectivity index (χ3v) is 5.69. The van der Waals surface area contributed by atoms with Crippen molar-refractivity contribution in [3.05, 3.63) is 75.0 Å². The van der Waals surface area contributed by atoms with Crippen molar-refractivity contribution in [1.29, 1.82) is 0 Å². The predicted molar refractivity (Wildman–Crippen MR) is 101 cm³/mol. The minimum atomic E-state index is -0.310. The fraction of sp³-hybridized carbons (Fsp3) is 0.0556. The molecule has 0 spiro atoms. The van der Waals surface area contributed by atoms with Crippen LogP contribution in [0, 0.1) is 0 Å². The minimum absolute atomic E-state index is 0.154. The van der Waals surface area contributed by atoms with Crippen molar-refractivity contribution in [2.75, 3.05) is 0 Å². The number of thiophene rings is 1. The SMILES string of the molecule is C=CCn1c(-c2cccs2)nc2sc3ccccc3c(=O)c2c1=O. The van der Waals surface area contributed by atoms with E-state index in [9.17, 15) is 9.59 Å². The number of allylic oxidation sites excluding steroid dienone is 1. The summed E-state index contributed by atoms with van der Waals surface area (Å²) in [6.07, 6.45) is 1.64. The highest BCUT2D eigenvalue weighted by Gasteiger charge is 2.17. The summed E-state index contributed by atoms with van der Waals surface area (Å²) < 4.78 is 2.35. The molecule has 0 unspecified atom stereocenters. The van der Waals surface area contributed by atoms with Gasteiger partial charge in [0.25, 0.3) is 5.56 Å². The van der Waals surface area contributed by atoms with Crippen molar-refractivity contribution in [3.8, 4) is 10.7 Å². The van der Waals surface area contributed by atoms with Gasteiger partial charge >= 0.3 is 0 Å². The molecule has 0 N–H and O–H groups in total. The van der Waals surface area contributed by atoms with Crippen LogP contribution >= 0.6 is 22.7 Å². The predicted octanol–water partition coefficient (Wildman–Crippen LogP) is 3.89. The van der Waals surface area contributed by atoms with E-state index >= 15 is 0 Å². The fourth-order valence-corrected chi connectivity index (χ4v) is 4.44. The molecule has 6 heteroatoms. The molecule has 0 fully saturated rings. The van der Waals surface area contributed by atoms with Gasteiger partial charge in [-0.25, -0.2) is 4.98 Å². The van der Waals surface area contributed by atoms with Crippen LogP contribution < -0.4 is 11.0 Å². The zero-order chi connectivity index (χ0) is 16.7. The maximum absolute atomic E-state index is 13.0. The van der Waals surface area contributed by atoms with E-state index in [-0.39, 0.29) is 16.4 Å². The summed E-state index contributed by atoms with van der Waals surface area (Å²) in [5.74, 6) is 0.577. The molecule has 3 aromatic heterocycles. The van der Waals surface area contributed by atoms with E-state index in [2.05, 4.69) is 11.6 Å². The average Bonchev–Trinajstić information content (AvgIpc) is 3.11. The van der Waals surface area contributed by atoms with Crippen LogP contribution in [-0.4, -0.2) is 9.55 Å². The number of nitrogens with zero attached hydrogens (tertiary/aromatic N) is 2. The molecular weight excluding hydrogens is 340 g/mol. The molecule has 0 aliphatic rings. The summed E-state index contributed by atoms with van der Waals surface area (Å²) in [7, 11) is 0. The summed E-state index contributed by atoms with van der Waals surface area (Å²) in [4.78, 5) is 31.8. The highest BCUT2D eigenvalue weighted by molar-refractivity contribution is 7.24. The summed E-state index contributed by atoms with van der Waals surface area (Å²) in [5.41, 5.74) is -0.567. The van der Waals surface area contributed by atoms with E-state index in [1.807, 2.05) is 29.6 Å². The standard InChI is InChI=1S/C18H12N2O2S2/c1-2-9-20-16(13-8-5-10-23-13)19-17-14(18(20)22)15(21)11-6-3-4-7-12(11)24-17/h2-8,10H,1,9H2. The fourth-order valence-electron chi connectivity index (χ4n) is 2.68. The van der Waals surface area contributed by atoms with Gasteiger partial charge in [-0.05, 0) is 23.6 Å². The van der Waals surface area contributed by atoms with Gasteiger partial charge in [0.05, 0.1) is 4.88 Å². The molecule has 4 rings (SSSR count). The largest absolute Gasteiger partial charge is 0.288 e. The third-order valence-electron chi connectivity index (χ3n) is 3.75. The van der Waals surface area contributed by atoms with Crippen LogP contribution in [0.4, 0.5) is 0 Å². The van der Waals surface area contributed by atoms with Crippen molar-refractivity contribution in [3.63, 3.8) is 0 Å². The van der Waals surface area contributed by atoms with E-state index in [1.165, 1.54) is 27.2 Å². The van der Waals surface area contributed by atoms with E-state index in [4.69, 9.17) is 0 Å². The zero-order valence-electron chi connectivity index (χ0n) is 12.6.